The lowest BCUT2D eigenvalue weighted by molar-refractivity contribution is 0.0793. The molecular weight excluding hydrogens is 276 g/mol. The number of aromatic nitrogens is 1. The number of hydrogen-bond donors (Lipinski definition) is 1. The molecule has 1 aromatic rings. The van der Waals surface area contributed by atoms with E-state index in [-0.39, 0.29) is 5.54 Å². The number of nitrogens with one attached hydrogen (secondary N) is 1. The van der Waals surface area contributed by atoms with Gasteiger partial charge in [-0.3, -0.25) is 0 Å². The van der Waals surface area contributed by atoms with Crippen LogP contribution in [-0.4, -0.2) is 12.0 Å². The van der Waals surface area contributed by atoms with Crippen LogP contribution in [0.15, 0.2) is 0 Å². The SMILES string of the molecule is CNC1(c2nc3c(s2)CCCC3)CC(C)CCC1C(C)C. The summed E-state index contributed by atoms with van der Waals surface area (Å²) >= 11 is 2.01. The van der Waals surface area contributed by atoms with Crippen LogP contribution in [0.4, 0.5) is 0 Å². The maximum absolute atomic E-state index is 5.14. The fraction of sp³-hybridized carbons (Fsp3) is 0.833. The van der Waals surface area contributed by atoms with Crippen molar-refractivity contribution in [3.05, 3.63) is 15.6 Å². The number of nitrogens with zero attached hydrogens (tertiary/aromatic N) is 1. The summed E-state index contributed by atoms with van der Waals surface area (Å²) in [6.07, 6.45) is 9.10. The van der Waals surface area contributed by atoms with Crippen molar-refractivity contribution in [3.8, 4) is 0 Å². The highest BCUT2D eigenvalue weighted by molar-refractivity contribution is 7.11. The average molecular weight is 307 g/mol. The van der Waals surface area contributed by atoms with E-state index in [4.69, 9.17) is 4.98 Å². The Labute approximate surface area is 133 Å². The Morgan fingerprint density at radius 3 is 2.67 bits per heavy atom. The van der Waals surface area contributed by atoms with Crippen molar-refractivity contribution in [2.75, 3.05) is 7.05 Å². The van der Waals surface area contributed by atoms with Crippen LogP contribution < -0.4 is 5.32 Å². The Bertz CT molecular complexity index is 470. The van der Waals surface area contributed by atoms with Crippen LogP contribution in [0.2, 0.25) is 0 Å². The van der Waals surface area contributed by atoms with Crippen LogP contribution in [0.1, 0.15) is 68.5 Å². The Hall–Kier alpha value is -0.410. The molecule has 1 aromatic heterocycles. The van der Waals surface area contributed by atoms with Gasteiger partial charge < -0.3 is 5.32 Å². The zero-order chi connectivity index (χ0) is 15.0. The summed E-state index contributed by atoms with van der Waals surface area (Å²) in [5.74, 6) is 2.23. The van der Waals surface area contributed by atoms with Gasteiger partial charge in [-0.25, -0.2) is 4.98 Å². The Morgan fingerprint density at radius 2 is 2.00 bits per heavy atom. The molecule has 21 heavy (non-hydrogen) atoms. The molecule has 0 aromatic carbocycles. The van der Waals surface area contributed by atoms with Gasteiger partial charge in [-0.1, -0.05) is 27.2 Å². The molecule has 118 valence electrons. The minimum absolute atomic E-state index is 0.119. The van der Waals surface area contributed by atoms with Gasteiger partial charge in [-0.05, 0) is 63.3 Å². The second-order valence-corrected chi connectivity index (χ2v) is 8.64. The number of rotatable bonds is 3. The van der Waals surface area contributed by atoms with Crippen LogP contribution in [0.5, 0.6) is 0 Å². The molecule has 0 amide bonds. The van der Waals surface area contributed by atoms with E-state index in [1.54, 1.807) is 4.88 Å². The van der Waals surface area contributed by atoms with E-state index in [1.165, 1.54) is 55.6 Å². The van der Waals surface area contributed by atoms with Gasteiger partial charge in [0.25, 0.3) is 0 Å². The van der Waals surface area contributed by atoms with Crippen LogP contribution in [0, 0.1) is 17.8 Å². The normalized spacial score (nSPS) is 33.2. The van der Waals surface area contributed by atoms with Crippen molar-refractivity contribution >= 4 is 11.3 Å². The number of hydrogen-bond acceptors (Lipinski definition) is 3. The average Bonchev–Trinajstić information content (AvgIpc) is 2.90. The fourth-order valence-electron chi connectivity index (χ4n) is 4.60. The predicted molar refractivity (Wildman–Crippen MR) is 90.8 cm³/mol. The van der Waals surface area contributed by atoms with E-state index in [1.807, 2.05) is 11.3 Å². The Balaban J connectivity index is 2.01. The lowest BCUT2D eigenvalue weighted by Crippen LogP contribution is -2.52. The molecule has 3 rings (SSSR count). The molecule has 3 heteroatoms. The molecule has 3 atom stereocenters. The summed E-state index contributed by atoms with van der Waals surface area (Å²) in [6.45, 7) is 7.19. The molecule has 0 radical (unpaired) electrons. The molecule has 1 fully saturated rings. The zero-order valence-corrected chi connectivity index (χ0v) is 14.9. The first-order chi connectivity index (χ1) is 10.1. The molecule has 0 spiro atoms. The van der Waals surface area contributed by atoms with E-state index < -0.39 is 0 Å². The van der Waals surface area contributed by atoms with E-state index >= 15 is 0 Å². The highest BCUT2D eigenvalue weighted by Gasteiger charge is 2.46. The van der Waals surface area contributed by atoms with E-state index in [9.17, 15) is 0 Å². The lowest BCUT2D eigenvalue weighted by atomic mass is 9.65. The van der Waals surface area contributed by atoms with Gasteiger partial charge in [0.15, 0.2) is 0 Å². The third-order valence-corrected chi connectivity index (χ3v) is 7.09. The van der Waals surface area contributed by atoms with Gasteiger partial charge in [0.1, 0.15) is 5.01 Å². The Kier molecular flexibility index (Phi) is 4.42. The smallest absolute Gasteiger partial charge is 0.114 e. The van der Waals surface area contributed by atoms with Gasteiger partial charge in [0.05, 0.1) is 11.2 Å². The van der Waals surface area contributed by atoms with Crippen molar-refractivity contribution in [3.63, 3.8) is 0 Å². The molecule has 1 N–H and O–H groups in total. The van der Waals surface area contributed by atoms with Gasteiger partial charge in [-0.2, -0.15) is 0 Å². The van der Waals surface area contributed by atoms with Crippen molar-refractivity contribution in [1.82, 2.24) is 10.3 Å². The number of thiazole rings is 1. The summed E-state index contributed by atoms with van der Waals surface area (Å²) in [7, 11) is 2.16. The van der Waals surface area contributed by atoms with E-state index in [2.05, 4.69) is 33.1 Å². The molecule has 2 aliphatic carbocycles. The molecule has 2 nitrogen and oxygen atoms in total. The molecule has 2 aliphatic rings. The van der Waals surface area contributed by atoms with E-state index in [0.717, 1.165) is 5.92 Å². The van der Waals surface area contributed by atoms with E-state index in [0.29, 0.717) is 11.8 Å². The summed E-state index contributed by atoms with van der Waals surface area (Å²) in [5, 5.41) is 5.14. The summed E-state index contributed by atoms with van der Waals surface area (Å²) in [5.41, 5.74) is 1.53. The highest BCUT2D eigenvalue weighted by Crippen LogP contribution is 2.48. The van der Waals surface area contributed by atoms with Gasteiger partial charge >= 0.3 is 0 Å². The quantitative estimate of drug-likeness (QED) is 0.887. The van der Waals surface area contributed by atoms with Gasteiger partial charge in [0, 0.05) is 4.88 Å². The topological polar surface area (TPSA) is 24.9 Å². The Morgan fingerprint density at radius 1 is 1.24 bits per heavy atom. The first-order valence-corrected chi connectivity index (χ1v) is 9.56. The minimum Gasteiger partial charge on any atom is -0.308 e. The van der Waals surface area contributed by atoms with Crippen molar-refractivity contribution in [1.29, 1.82) is 0 Å². The molecule has 3 unspecified atom stereocenters. The van der Waals surface area contributed by atoms with Crippen molar-refractivity contribution in [2.24, 2.45) is 17.8 Å². The third kappa shape index (κ3) is 2.68. The third-order valence-electron chi connectivity index (χ3n) is 5.75. The standard InChI is InChI=1S/C18H30N2S/c1-12(2)14-10-9-13(3)11-18(14,19-4)17-20-15-7-5-6-8-16(15)21-17/h12-14,19H,5-11H2,1-4H3. The monoisotopic (exact) mass is 306 g/mol. The zero-order valence-electron chi connectivity index (χ0n) is 14.0. The first-order valence-electron chi connectivity index (χ1n) is 8.74. The fourth-order valence-corrected chi connectivity index (χ4v) is 6.02. The summed E-state index contributed by atoms with van der Waals surface area (Å²) < 4.78 is 0. The first kappa shape index (κ1) is 15.5. The summed E-state index contributed by atoms with van der Waals surface area (Å²) in [6, 6.07) is 0. The van der Waals surface area contributed by atoms with Crippen LogP contribution in [-0.2, 0) is 18.4 Å². The van der Waals surface area contributed by atoms with Crippen LogP contribution >= 0.6 is 11.3 Å². The number of fused-ring (bicyclic) bond motifs is 1. The van der Waals surface area contributed by atoms with Gasteiger partial charge in [0.2, 0.25) is 0 Å². The summed E-state index contributed by atoms with van der Waals surface area (Å²) in [4.78, 5) is 6.72. The highest BCUT2D eigenvalue weighted by atomic mass is 32.1. The molecule has 1 saturated carbocycles. The van der Waals surface area contributed by atoms with Crippen molar-refractivity contribution in [2.45, 2.75) is 71.3 Å². The second-order valence-electron chi connectivity index (χ2n) is 7.55. The minimum atomic E-state index is 0.119. The second kappa shape index (κ2) is 6.00. The molecular formula is C18H30N2S. The molecule has 0 saturated heterocycles. The molecule has 0 aliphatic heterocycles. The number of aryl methyl sites for hydroxylation is 2. The maximum atomic E-state index is 5.14. The molecule has 0 bridgehead atoms. The van der Waals surface area contributed by atoms with Crippen LogP contribution in [0.25, 0.3) is 0 Å². The lowest BCUT2D eigenvalue weighted by Gasteiger charge is -2.47. The van der Waals surface area contributed by atoms with Crippen molar-refractivity contribution < 1.29 is 0 Å². The van der Waals surface area contributed by atoms with Gasteiger partial charge in [-0.15, -0.1) is 11.3 Å². The molecule has 1 heterocycles. The predicted octanol–water partition coefficient (Wildman–Crippen LogP) is 4.53. The van der Waals surface area contributed by atoms with Crippen LogP contribution in [0.3, 0.4) is 0 Å². The largest absolute Gasteiger partial charge is 0.308 e. The maximum Gasteiger partial charge on any atom is 0.114 e.